The van der Waals surface area contributed by atoms with Gasteiger partial charge in [0.25, 0.3) is 5.91 Å². The maximum atomic E-state index is 14.3. The van der Waals surface area contributed by atoms with Crippen molar-refractivity contribution in [3.63, 3.8) is 0 Å². The van der Waals surface area contributed by atoms with Gasteiger partial charge in [-0.25, -0.2) is 12.8 Å². The maximum absolute atomic E-state index is 14.3. The van der Waals surface area contributed by atoms with Crippen molar-refractivity contribution in [1.29, 1.82) is 0 Å². The van der Waals surface area contributed by atoms with Crippen molar-refractivity contribution in [2.24, 2.45) is 0 Å². The Morgan fingerprint density at radius 2 is 1.67 bits per heavy atom. The van der Waals surface area contributed by atoms with Crippen molar-refractivity contribution in [3.8, 4) is 5.75 Å². The van der Waals surface area contributed by atoms with E-state index < -0.39 is 15.8 Å². The van der Waals surface area contributed by atoms with Gasteiger partial charge in [-0.05, 0) is 78.4 Å². The average molecular weight is 513 g/mol. The molecule has 0 saturated carbocycles. The lowest BCUT2D eigenvalue weighted by Gasteiger charge is -2.23. The molecule has 6 nitrogen and oxygen atoms in total. The summed E-state index contributed by atoms with van der Waals surface area (Å²) in [5.41, 5.74) is 4.16. The standard InChI is InChI=1S/C28H33FN2O4S/c1-18(2)23-16-24(19(3)15-27(23)35-5)20(4)30-28(32)22-13-11-21(12-14-22)17-31(36(6,33)34)26-10-8-7-9-25(26)29/h7-16,18,20H,17H2,1-6H3,(H,30,32)/t20-/m0/s1. The van der Waals surface area contributed by atoms with E-state index in [2.05, 4.69) is 25.2 Å². The van der Waals surface area contributed by atoms with Gasteiger partial charge in [0, 0.05) is 5.56 Å². The summed E-state index contributed by atoms with van der Waals surface area (Å²) in [4.78, 5) is 12.9. The topological polar surface area (TPSA) is 75.7 Å². The van der Waals surface area contributed by atoms with Crippen LogP contribution in [0.1, 0.15) is 65.3 Å². The Bertz CT molecular complexity index is 1340. The van der Waals surface area contributed by atoms with Crippen LogP contribution in [0.25, 0.3) is 0 Å². The summed E-state index contributed by atoms with van der Waals surface area (Å²) in [5, 5.41) is 3.04. The van der Waals surface area contributed by atoms with E-state index in [-0.39, 0.29) is 30.1 Å². The first-order chi connectivity index (χ1) is 16.9. The first kappa shape index (κ1) is 27.2. The second kappa shape index (κ2) is 11.1. The molecule has 1 amide bonds. The summed E-state index contributed by atoms with van der Waals surface area (Å²) < 4.78 is 45.5. The normalized spacial score (nSPS) is 12.3. The van der Waals surface area contributed by atoms with Crippen LogP contribution in [0.2, 0.25) is 0 Å². The number of amides is 1. The number of aryl methyl sites for hydroxylation is 1. The smallest absolute Gasteiger partial charge is 0.251 e. The van der Waals surface area contributed by atoms with E-state index in [1.165, 1.54) is 18.2 Å². The Labute approximate surface area is 213 Å². The van der Waals surface area contributed by atoms with Crippen LogP contribution < -0.4 is 14.4 Å². The molecule has 1 N–H and O–H groups in total. The number of anilines is 1. The predicted molar refractivity (Wildman–Crippen MR) is 142 cm³/mol. The quantitative estimate of drug-likeness (QED) is 0.398. The lowest BCUT2D eigenvalue weighted by atomic mass is 9.93. The van der Waals surface area contributed by atoms with Crippen LogP contribution in [0, 0.1) is 12.7 Å². The molecule has 0 saturated heterocycles. The summed E-state index contributed by atoms with van der Waals surface area (Å²) >= 11 is 0. The Morgan fingerprint density at radius 1 is 1.03 bits per heavy atom. The maximum Gasteiger partial charge on any atom is 0.251 e. The molecular weight excluding hydrogens is 479 g/mol. The number of methoxy groups -OCH3 is 1. The third kappa shape index (κ3) is 6.23. The van der Waals surface area contributed by atoms with E-state index in [9.17, 15) is 17.6 Å². The molecule has 0 aliphatic rings. The number of rotatable bonds is 9. The van der Waals surface area contributed by atoms with Crippen LogP contribution in [0.4, 0.5) is 10.1 Å². The molecule has 0 aromatic heterocycles. The first-order valence-corrected chi connectivity index (χ1v) is 13.6. The van der Waals surface area contributed by atoms with Crippen LogP contribution in [0.15, 0.2) is 60.7 Å². The van der Waals surface area contributed by atoms with Gasteiger partial charge in [-0.15, -0.1) is 0 Å². The van der Waals surface area contributed by atoms with Crippen molar-refractivity contribution in [1.82, 2.24) is 5.32 Å². The first-order valence-electron chi connectivity index (χ1n) is 11.7. The van der Waals surface area contributed by atoms with Gasteiger partial charge in [0.1, 0.15) is 11.6 Å². The molecule has 0 aliphatic carbocycles. The number of nitrogens with zero attached hydrogens (tertiary/aromatic N) is 1. The summed E-state index contributed by atoms with van der Waals surface area (Å²) in [6, 6.07) is 16.2. The Morgan fingerprint density at radius 3 is 2.22 bits per heavy atom. The number of hydrogen-bond acceptors (Lipinski definition) is 4. The summed E-state index contributed by atoms with van der Waals surface area (Å²) in [6.07, 6.45) is 1.04. The minimum atomic E-state index is -3.73. The summed E-state index contributed by atoms with van der Waals surface area (Å²) in [5.74, 6) is 0.233. The number of para-hydroxylation sites is 1. The highest BCUT2D eigenvalue weighted by atomic mass is 32.2. The second-order valence-electron chi connectivity index (χ2n) is 9.22. The van der Waals surface area contributed by atoms with Gasteiger partial charge in [-0.1, -0.05) is 38.1 Å². The Hall–Kier alpha value is -3.39. The third-order valence-electron chi connectivity index (χ3n) is 6.12. The molecular formula is C28H33FN2O4S. The predicted octanol–water partition coefficient (Wildman–Crippen LogP) is 5.72. The minimum absolute atomic E-state index is 0.0220. The number of carbonyl (C=O) groups excluding carboxylic acids is 1. The summed E-state index contributed by atoms with van der Waals surface area (Å²) in [6.45, 7) is 8.06. The Kier molecular flexibility index (Phi) is 8.40. The molecule has 3 rings (SSSR count). The highest BCUT2D eigenvalue weighted by Crippen LogP contribution is 2.32. The highest BCUT2D eigenvalue weighted by molar-refractivity contribution is 7.92. The van der Waals surface area contributed by atoms with E-state index in [4.69, 9.17) is 4.74 Å². The van der Waals surface area contributed by atoms with Crippen molar-refractivity contribution < 1.29 is 22.3 Å². The zero-order chi connectivity index (χ0) is 26.6. The van der Waals surface area contributed by atoms with E-state index in [0.29, 0.717) is 11.1 Å². The van der Waals surface area contributed by atoms with Crippen LogP contribution in [0.3, 0.4) is 0 Å². The van der Waals surface area contributed by atoms with E-state index in [1.54, 1.807) is 37.4 Å². The number of nitrogens with one attached hydrogen (secondary N) is 1. The number of hydrogen-bond donors (Lipinski definition) is 1. The molecule has 0 unspecified atom stereocenters. The van der Waals surface area contributed by atoms with Gasteiger partial charge in [0.15, 0.2) is 0 Å². The number of carbonyl (C=O) groups is 1. The fourth-order valence-corrected chi connectivity index (χ4v) is 5.02. The minimum Gasteiger partial charge on any atom is -0.496 e. The fourth-order valence-electron chi connectivity index (χ4n) is 4.13. The van der Waals surface area contributed by atoms with Crippen LogP contribution in [-0.4, -0.2) is 27.7 Å². The van der Waals surface area contributed by atoms with Crippen molar-refractivity contribution in [2.75, 3.05) is 17.7 Å². The molecule has 0 heterocycles. The lowest BCUT2D eigenvalue weighted by Crippen LogP contribution is -2.30. The van der Waals surface area contributed by atoms with Gasteiger partial charge in [0.2, 0.25) is 10.0 Å². The molecule has 0 aliphatic heterocycles. The van der Waals surface area contributed by atoms with Gasteiger partial charge >= 0.3 is 0 Å². The fraction of sp³-hybridized carbons (Fsp3) is 0.321. The molecule has 36 heavy (non-hydrogen) atoms. The zero-order valence-electron chi connectivity index (χ0n) is 21.5. The van der Waals surface area contributed by atoms with Gasteiger partial charge in [-0.3, -0.25) is 9.10 Å². The zero-order valence-corrected chi connectivity index (χ0v) is 22.3. The van der Waals surface area contributed by atoms with Crippen LogP contribution in [-0.2, 0) is 16.6 Å². The van der Waals surface area contributed by atoms with E-state index >= 15 is 0 Å². The Balaban J connectivity index is 1.77. The lowest BCUT2D eigenvalue weighted by molar-refractivity contribution is 0.0939. The van der Waals surface area contributed by atoms with Crippen LogP contribution >= 0.6 is 0 Å². The highest BCUT2D eigenvalue weighted by Gasteiger charge is 2.22. The van der Waals surface area contributed by atoms with E-state index in [0.717, 1.165) is 33.0 Å². The SMILES string of the molecule is COc1cc(C)c([C@H](C)NC(=O)c2ccc(CN(c3ccccc3F)S(C)(=O)=O)cc2)cc1C(C)C. The molecule has 0 bridgehead atoms. The van der Waals surface area contributed by atoms with Crippen molar-refractivity contribution >= 4 is 21.6 Å². The van der Waals surface area contributed by atoms with Gasteiger partial charge in [0.05, 0.1) is 31.6 Å². The number of ether oxygens (including phenoxy) is 1. The summed E-state index contributed by atoms with van der Waals surface area (Å²) in [7, 11) is -2.07. The molecule has 1 atom stereocenters. The molecule has 0 fully saturated rings. The van der Waals surface area contributed by atoms with Crippen molar-refractivity contribution in [2.45, 2.75) is 46.2 Å². The second-order valence-corrected chi connectivity index (χ2v) is 11.1. The monoisotopic (exact) mass is 512 g/mol. The number of benzene rings is 3. The largest absolute Gasteiger partial charge is 0.496 e. The molecule has 192 valence electrons. The molecule has 0 radical (unpaired) electrons. The van der Waals surface area contributed by atoms with Gasteiger partial charge < -0.3 is 10.1 Å². The van der Waals surface area contributed by atoms with Crippen molar-refractivity contribution in [3.05, 3.63) is 94.3 Å². The third-order valence-corrected chi connectivity index (χ3v) is 7.24. The molecule has 0 spiro atoms. The average Bonchev–Trinajstić information content (AvgIpc) is 2.82. The number of halogens is 1. The molecule has 3 aromatic carbocycles. The molecule has 3 aromatic rings. The van der Waals surface area contributed by atoms with Gasteiger partial charge in [-0.2, -0.15) is 0 Å². The van der Waals surface area contributed by atoms with Crippen LogP contribution in [0.5, 0.6) is 5.75 Å². The molecule has 8 heteroatoms. The van der Waals surface area contributed by atoms with E-state index in [1.807, 2.05) is 19.9 Å². The number of sulfonamides is 1.